The molecule has 0 amide bonds. The number of hydrogen-bond donors (Lipinski definition) is 1. The third-order valence-corrected chi connectivity index (χ3v) is 4.63. The van der Waals surface area contributed by atoms with Crippen LogP contribution in [0.2, 0.25) is 0 Å². The van der Waals surface area contributed by atoms with Crippen molar-refractivity contribution in [2.45, 2.75) is 45.2 Å². The first-order valence-electron chi connectivity index (χ1n) is 7.55. The van der Waals surface area contributed by atoms with Gasteiger partial charge in [-0.05, 0) is 50.2 Å². The molecule has 0 bridgehead atoms. The molecular weight excluding hydrogens is 232 g/mol. The highest BCUT2D eigenvalue weighted by atomic mass is 15.0. The van der Waals surface area contributed by atoms with Gasteiger partial charge in [0.25, 0.3) is 0 Å². The van der Waals surface area contributed by atoms with Crippen LogP contribution in [0.1, 0.15) is 44.3 Å². The van der Waals surface area contributed by atoms with Crippen LogP contribution in [0.25, 0.3) is 10.9 Å². The van der Waals surface area contributed by atoms with Crippen molar-refractivity contribution >= 4 is 10.9 Å². The van der Waals surface area contributed by atoms with Crippen LogP contribution in [-0.2, 0) is 6.54 Å². The summed E-state index contributed by atoms with van der Waals surface area (Å²) in [5.74, 6) is 0.874. The molecule has 0 aliphatic heterocycles. The summed E-state index contributed by atoms with van der Waals surface area (Å²) >= 11 is 0. The fourth-order valence-corrected chi connectivity index (χ4v) is 3.39. The Morgan fingerprint density at radius 2 is 2.00 bits per heavy atom. The lowest BCUT2D eigenvalue weighted by molar-refractivity contribution is 0.445. The molecule has 2 aromatic rings. The average molecular weight is 256 g/mol. The average Bonchev–Trinajstić information content (AvgIpc) is 3.07. The summed E-state index contributed by atoms with van der Waals surface area (Å²) in [4.78, 5) is 0. The molecule has 1 fully saturated rings. The Morgan fingerprint density at radius 3 is 2.74 bits per heavy atom. The molecule has 0 spiro atoms. The van der Waals surface area contributed by atoms with Crippen LogP contribution >= 0.6 is 0 Å². The van der Waals surface area contributed by atoms with Gasteiger partial charge in [0.2, 0.25) is 0 Å². The van der Waals surface area contributed by atoms with Gasteiger partial charge in [0.05, 0.1) is 0 Å². The van der Waals surface area contributed by atoms with Gasteiger partial charge in [-0.15, -0.1) is 0 Å². The van der Waals surface area contributed by atoms with Crippen molar-refractivity contribution in [3.05, 3.63) is 36.0 Å². The predicted octanol–water partition coefficient (Wildman–Crippen LogP) is 4.11. The quantitative estimate of drug-likeness (QED) is 0.871. The maximum absolute atomic E-state index is 3.39. The maximum Gasteiger partial charge on any atom is 0.0483 e. The van der Waals surface area contributed by atoms with Gasteiger partial charge in [-0.1, -0.05) is 31.0 Å². The summed E-state index contributed by atoms with van der Waals surface area (Å²) in [6.07, 6.45) is 5.64. The molecule has 3 rings (SSSR count). The molecular formula is C17H24N2. The van der Waals surface area contributed by atoms with E-state index in [9.17, 15) is 0 Å². The Balaban J connectivity index is 2.02. The van der Waals surface area contributed by atoms with Gasteiger partial charge in [0.15, 0.2) is 0 Å². The molecule has 1 aromatic carbocycles. The molecule has 1 saturated carbocycles. The Kier molecular flexibility index (Phi) is 3.61. The molecule has 1 heterocycles. The van der Waals surface area contributed by atoms with Crippen LogP contribution in [-0.4, -0.2) is 11.6 Å². The van der Waals surface area contributed by atoms with Gasteiger partial charge >= 0.3 is 0 Å². The SMILES string of the molecule is CNC(C)c1cc2ccccc2n1CC1CCCC1. The minimum absolute atomic E-state index is 0.411. The summed E-state index contributed by atoms with van der Waals surface area (Å²) in [6.45, 7) is 3.44. The summed E-state index contributed by atoms with van der Waals surface area (Å²) < 4.78 is 2.55. The van der Waals surface area contributed by atoms with Gasteiger partial charge in [0.1, 0.15) is 0 Å². The third-order valence-electron chi connectivity index (χ3n) is 4.63. The molecule has 2 nitrogen and oxygen atoms in total. The molecule has 1 aromatic heterocycles. The number of rotatable bonds is 4. The summed E-state index contributed by atoms with van der Waals surface area (Å²) in [7, 11) is 2.04. The van der Waals surface area contributed by atoms with E-state index in [4.69, 9.17) is 0 Å². The minimum Gasteiger partial charge on any atom is -0.343 e. The minimum atomic E-state index is 0.411. The van der Waals surface area contributed by atoms with Crippen LogP contribution in [0.4, 0.5) is 0 Å². The summed E-state index contributed by atoms with van der Waals surface area (Å²) in [6, 6.07) is 11.5. The normalized spacial score (nSPS) is 18.2. The van der Waals surface area contributed by atoms with Gasteiger partial charge in [-0.3, -0.25) is 0 Å². The van der Waals surface area contributed by atoms with Crippen molar-refractivity contribution in [2.75, 3.05) is 7.05 Å². The first kappa shape index (κ1) is 12.7. The van der Waals surface area contributed by atoms with Crippen molar-refractivity contribution < 1.29 is 0 Å². The molecule has 2 heteroatoms. The number of hydrogen-bond acceptors (Lipinski definition) is 1. The highest BCUT2D eigenvalue weighted by Gasteiger charge is 2.19. The predicted molar refractivity (Wildman–Crippen MR) is 81.4 cm³/mol. The highest BCUT2D eigenvalue weighted by Crippen LogP contribution is 2.31. The second-order valence-corrected chi connectivity index (χ2v) is 5.90. The second-order valence-electron chi connectivity index (χ2n) is 5.90. The van der Waals surface area contributed by atoms with Gasteiger partial charge < -0.3 is 9.88 Å². The van der Waals surface area contributed by atoms with Gasteiger partial charge in [-0.25, -0.2) is 0 Å². The molecule has 1 atom stereocenters. The van der Waals surface area contributed by atoms with Gasteiger partial charge in [-0.2, -0.15) is 0 Å². The lowest BCUT2D eigenvalue weighted by atomic mass is 10.1. The fourth-order valence-electron chi connectivity index (χ4n) is 3.39. The van der Waals surface area contributed by atoms with E-state index in [1.165, 1.54) is 48.8 Å². The maximum atomic E-state index is 3.39. The molecule has 0 radical (unpaired) electrons. The van der Waals surface area contributed by atoms with E-state index in [0.717, 1.165) is 5.92 Å². The van der Waals surface area contributed by atoms with Crippen molar-refractivity contribution in [1.29, 1.82) is 0 Å². The van der Waals surface area contributed by atoms with E-state index in [1.54, 1.807) is 0 Å². The largest absolute Gasteiger partial charge is 0.343 e. The summed E-state index contributed by atoms with van der Waals surface area (Å²) in [5.41, 5.74) is 2.82. The molecule has 1 aliphatic carbocycles. The standard InChI is InChI=1S/C17H24N2/c1-13(18-2)17-11-15-9-5-6-10-16(15)19(17)12-14-7-3-4-8-14/h5-6,9-11,13-14,18H,3-4,7-8,12H2,1-2H3. The Bertz CT molecular complexity index is 549. The topological polar surface area (TPSA) is 17.0 Å². The van der Waals surface area contributed by atoms with Crippen LogP contribution in [0.3, 0.4) is 0 Å². The smallest absolute Gasteiger partial charge is 0.0483 e. The lowest BCUT2D eigenvalue weighted by Gasteiger charge is -2.19. The van der Waals surface area contributed by atoms with E-state index in [0.29, 0.717) is 6.04 Å². The first-order chi connectivity index (χ1) is 9.29. The molecule has 1 aliphatic rings. The van der Waals surface area contributed by atoms with E-state index in [2.05, 4.69) is 47.1 Å². The monoisotopic (exact) mass is 256 g/mol. The number of aromatic nitrogens is 1. The second kappa shape index (κ2) is 5.38. The molecule has 1 unspecified atom stereocenters. The Morgan fingerprint density at radius 1 is 1.26 bits per heavy atom. The van der Waals surface area contributed by atoms with Crippen molar-refractivity contribution in [2.24, 2.45) is 5.92 Å². The Hall–Kier alpha value is -1.28. The van der Waals surface area contributed by atoms with E-state index >= 15 is 0 Å². The van der Waals surface area contributed by atoms with Crippen molar-refractivity contribution in [3.63, 3.8) is 0 Å². The fraction of sp³-hybridized carbons (Fsp3) is 0.529. The number of benzene rings is 1. The zero-order valence-electron chi connectivity index (χ0n) is 12.0. The van der Waals surface area contributed by atoms with Crippen molar-refractivity contribution in [3.8, 4) is 0 Å². The van der Waals surface area contributed by atoms with E-state index < -0.39 is 0 Å². The number of nitrogens with one attached hydrogen (secondary N) is 1. The number of fused-ring (bicyclic) bond motifs is 1. The van der Waals surface area contributed by atoms with Gasteiger partial charge in [0, 0.05) is 23.8 Å². The first-order valence-corrected chi connectivity index (χ1v) is 7.55. The molecule has 1 N–H and O–H groups in total. The molecule has 19 heavy (non-hydrogen) atoms. The van der Waals surface area contributed by atoms with E-state index in [-0.39, 0.29) is 0 Å². The lowest BCUT2D eigenvalue weighted by Crippen LogP contribution is -2.18. The summed E-state index contributed by atoms with van der Waals surface area (Å²) in [5, 5.41) is 4.76. The molecule has 102 valence electrons. The van der Waals surface area contributed by atoms with Crippen LogP contribution in [0.15, 0.2) is 30.3 Å². The van der Waals surface area contributed by atoms with Crippen LogP contribution in [0, 0.1) is 5.92 Å². The zero-order valence-corrected chi connectivity index (χ0v) is 12.0. The third kappa shape index (κ3) is 2.42. The number of nitrogens with zero attached hydrogens (tertiary/aromatic N) is 1. The molecule has 0 saturated heterocycles. The highest BCUT2D eigenvalue weighted by molar-refractivity contribution is 5.81. The van der Waals surface area contributed by atoms with Crippen LogP contribution in [0.5, 0.6) is 0 Å². The van der Waals surface area contributed by atoms with Crippen molar-refractivity contribution in [1.82, 2.24) is 9.88 Å². The Labute approximate surface area is 115 Å². The number of para-hydroxylation sites is 1. The zero-order chi connectivity index (χ0) is 13.2. The van der Waals surface area contributed by atoms with E-state index in [1.807, 2.05) is 7.05 Å². The van der Waals surface area contributed by atoms with Crippen LogP contribution < -0.4 is 5.32 Å².